The number of aromatic nitrogens is 1. The first-order valence-electron chi connectivity index (χ1n) is 6.64. The SMILES string of the molecule is CN(CC(O)CN1CCOCC1)C(=O)c1cc(Br)c[nH]1. The van der Waals surface area contributed by atoms with Crippen molar-refractivity contribution in [3.63, 3.8) is 0 Å². The third-order valence-electron chi connectivity index (χ3n) is 3.28. The van der Waals surface area contributed by atoms with Gasteiger partial charge in [-0.25, -0.2) is 0 Å². The molecule has 112 valence electrons. The maximum atomic E-state index is 12.1. The standard InChI is InChI=1S/C13H20BrN3O3/c1-16(13(19)12-6-10(14)7-15-12)8-11(18)9-17-2-4-20-5-3-17/h6-7,11,15,18H,2-5,8-9H2,1H3. The van der Waals surface area contributed by atoms with E-state index in [0.717, 1.165) is 17.6 Å². The first kappa shape index (κ1) is 15.5. The Hall–Kier alpha value is -0.890. The molecule has 1 amide bonds. The van der Waals surface area contributed by atoms with Crippen molar-refractivity contribution >= 4 is 21.8 Å². The fraction of sp³-hybridized carbons (Fsp3) is 0.615. The van der Waals surface area contributed by atoms with Crippen molar-refractivity contribution in [1.29, 1.82) is 0 Å². The summed E-state index contributed by atoms with van der Waals surface area (Å²) in [4.78, 5) is 18.7. The van der Waals surface area contributed by atoms with Crippen molar-refractivity contribution in [2.45, 2.75) is 6.10 Å². The van der Waals surface area contributed by atoms with E-state index < -0.39 is 6.10 Å². The highest BCUT2D eigenvalue weighted by Gasteiger charge is 2.19. The fourth-order valence-corrected chi connectivity index (χ4v) is 2.58. The van der Waals surface area contributed by atoms with Crippen LogP contribution in [0.25, 0.3) is 0 Å². The number of likely N-dealkylation sites (N-methyl/N-ethyl adjacent to an activating group) is 1. The number of halogens is 1. The number of aromatic amines is 1. The summed E-state index contributed by atoms with van der Waals surface area (Å²) in [6.45, 7) is 3.95. The second kappa shape index (κ2) is 7.21. The molecule has 20 heavy (non-hydrogen) atoms. The van der Waals surface area contributed by atoms with Crippen LogP contribution < -0.4 is 0 Å². The number of carbonyl (C=O) groups excluding carboxylic acids is 1. The molecule has 1 aliphatic rings. The van der Waals surface area contributed by atoms with Gasteiger partial charge in [-0.15, -0.1) is 0 Å². The normalized spacial score (nSPS) is 17.9. The number of amides is 1. The Morgan fingerprint density at radius 3 is 2.90 bits per heavy atom. The number of carbonyl (C=O) groups is 1. The first-order valence-corrected chi connectivity index (χ1v) is 7.43. The molecule has 7 heteroatoms. The van der Waals surface area contributed by atoms with Gasteiger partial charge in [-0.05, 0) is 22.0 Å². The Kier molecular flexibility index (Phi) is 5.59. The number of H-pyrrole nitrogens is 1. The largest absolute Gasteiger partial charge is 0.390 e. The average molecular weight is 346 g/mol. The highest BCUT2D eigenvalue weighted by atomic mass is 79.9. The van der Waals surface area contributed by atoms with Gasteiger partial charge in [0.2, 0.25) is 0 Å². The number of ether oxygens (including phenoxy) is 1. The minimum absolute atomic E-state index is 0.128. The summed E-state index contributed by atoms with van der Waals surface area (Å²) in [5, 5.41) is 10.1. The van der Waals surface area contributed by atoms with Crippen LogP contribution >= 0.6 is 15.9 Å². The maximum absolute atomic E-state index is 12.1. The molecule has 1 atom stereocenters. The molecule has 1 fully saturated rings. The molecular formula is C13H20BrN3O3. The number of hydrogen-bond donors (Lipinski definition) is 2. The van der Waals surface area contributed by atoms with Crippen LogP contribution in [0.3, 0.4) is 0 Å². The maximum Gasteiger partial charge on any atom is 0.270 e. The number of rotatable bonds is 5. The van der Waals surface area contributed by atoms with Crippen molar-refractivity contribution in [3.8, 4) is 0 Å². The number of hydrogen-bond acceptors (Lipinski definition) is 4. The molecule has 2 heterocycles. The van der Waals surface area contributed by atoms with Gasteiger partial charge in [0.15, 0.2) is 0 Å². The molecule has 0 radical (unpaired) electrons. The van der Waals surface area contributed by atoms with Gasteiger partial charge in [-0.1, -0.05) is 0 Å². The predicted octanol–water partition coefficient (Wildman–Crippen LogP) is 0.542. The molecule has 1 unspecified atom stereocenters. The van der Waals surface area contributed by atoms with E-state index in [2.05, 4.69) is 25.8 Å². The van der Waals surface area contributed by atoms with E-state index >= 15 is 0 Å². The average Bonchev–Trinajstić information content (AvgIpc) is 2.85. The van der Waals surface area contributed by atoms with Gasteiger partial charge in [0, 0.05) is 43.9 Å². The zero-order valence-corrected chi connectivity index (χ0v) is 13.1. The van der Waals surface area contributed by atoms with E-state index in [9.17, 15) is 9.90 Å². The van der Waals surface area contributed by atoms with Crippen LogP contribution in [0.5, 0.6) is 0 Å². The highest BCUT2D eigenvalue weighted by molar-refractivity contribution is 9.10. The van der Waals surface area contributed by atoms with E-state index in [-0.39, 0.29) is 5.91 Å². The van der Waals surface area contributed by atoms with Crippen LogP contribution in [-0.2, 0) is 4.74 Å². The smallest absolute Gasteiger partial charge is 0.270 e. The van der Waals surface area contributed by atoms with Crippen LogP contribution in [0.1, 0.15) is 10.5 Å². The molecule has 1 saturated heterocycles. The van der Waals surface area contributed by atoms with Gasteiger partial charge >= 0.3 is 0 Å². The molecule has 1 aliphatic heterocycles. The Bertz CT molecular complexity index is 446. The predicted molar refractivity (Wildman–Crippen MR) is 78.7 cm³/mol. The lowest BCUT2D eigenvalue weighted by Crippen LogP contribution is -2.45. The van der Waals surface area contributed by atoms with Crippen LogP contribution in [-0.4, -0.2) is 78.3 Å². The summed E-state index contributed by atoms with van der Waals surface area (Å²) in [6.07, 6.45) is 1.16. The van der Waals surface area contributed by atoms with Crippen LogP contribution in [0.4, 0.5) is 0 Å². The summed E-state index contributed by atoms with van der Waals surface area (Å²) in [5.74, 6) is -0.128. The molecular weight excluding hydrogens is 326 g/mol. The quantitative estimate of drug-likeness (QED) is 0.817. The topological polar surface area (TPSA) is 68.8 Å². The molecule has 1 aromatic heterocycles. The van der Waals surface area contributed by atoms with E-state index in [4.69, 9.17) is 4.74 Å². The third-order valence-corrected chi connectivity index (χ3v) is 3.74. The summed E-state index contributed by atoms with van der Waals surface area (Å²) in [7, 11) is 1.69. The lowest BCUT2D eigenvalue weighted by molar-refractivity contribution is 0.00874. The lowest BCUT2D eigenvalue weighted by atomic mass is 10.2. The molecule has 1 aromatic rings. The molecule has 2 rings (SSSR count). The van der Waals surface area contributed by atoms with E-state index in [1.54, 1.807) is 19.3 Å². The molecule has 0 spiro atoms. The molecule has 2 N–H and O–H groups in total. The summed E-state index contributed by atoms with van der Waals surface area (Å²) in [5.41, 5.74) is 0.512. The number of morpholine rings is 1. The Morgan fingerprint density at radius 2 is 2.30 bits per heavy atom. The molecule has 6 nitrogen and oxygen atoms in total. The zero-order valence-electron chi connectivity index (χ0n) is 11.5. The van der Waals surface area contributed by atoms with Crippen LogP contribution in [0.15, 0.2) is 16.7 Å². The van der Waals surface area contributed by atoms with E-state index in [1.807, 2.05) is 0 Å². The van der Waals surface area contributed by atoms with Crippen molar-refractivity contribution in [2.75, 3.05) is 46.4 Å². The van der Waals surface area contributed by atoms with Gasteiger partial charge in [0.25, 0.3) is 5.91 Å². The molecule has 0 aromatic carbocycles. The van der Waals surface area contributed by atoms with Gasteiger partial charge in [-0.2, -0.15) is 0 Å². The fourth-order valence-electron chi connectivity index (χ4n) is 2.24. The number of β-amino-alcohol motifs (C(OH)–C–C–N with tert-alkyl or cyclic N) is 1. The lowest BCUT2D eigenvalue weighted by Gasteiger charge is -2.30. The van der Waals surface area contributed by atoms with Gasteiger partial charge in [0.05, 0.1) is 19.3 Å². The second-order valence-electron chi connectivity index (χ2n) is 4.98. The van der Waals surface area contributed by atoms with Crippen molar-refractivity contribution in [2.24, 2.45) is 0 Å². The van der Waals surface area contributed by atoms with E-state index in [0.29, 0.717) is 32.0 Å². The summed E-state index contributed by atoms with van der Waals surface area (Å²) in [6, 6.07) is 1.73. The van der Waals surface area contributed by atoms with Gasteiger partial charge in [0.1, 0.15) is 5.69 Å². The summed E-state index contributed by atoms with van der Waals surface area (Å²) >= 11 is 3.30. The van der Waals surface area contributed by atoms with E-state index in [1.165, 1.54) is 4.90 Å². The minimum Gasteiger partial charge on any atom is -0.390 e. The Morgan fingerprint density at radius 1 is 1.60 bits per heavy atom. The molecule has 0 saturated carbocycles. The number of aliphatic hydroxyl groups excluding tert-OH is 1. The van der Waals surface area contributed by atoms with Crippen molar-refractivity contribution in [1.82, 2.24) is 14.8 Å². The zero-order chi connectivity index (χ0) is 14.5. The van der Waals surface area contributed by atoms with Gasteiger partial charge < -0.3 is 19.7 Å². The minimum atomic E-state index is -0.555. The number of nitrogens with one attached hydrogen (secondary N) is 1. The Balaban J connectivity index is 1.80. The third kappa shape index (κ3) is 4.31. The van der Waals surface area contributed by atoms with Crippen LogP contribution in [0.2, 0.25) is 0 Å². The van der Waals surface area contributed by atoms with Crippen LogP contribution in [0, 0.1) is 0 Å². The Labute approximate surface area is 126 Å². The van der Waals surface area contributed by atoms with Gasteiger partial charge in [-0.3, -0.25) is 9.69 Å². The number of nitrogens with zero attached hydrogens (tertiary/aromatic N) is 2. The summed E-state index contributed by atoms with van der Waals surface area (Å²) < 4.78 is 6.10. The number of aliphatic hydroxyl groups is 1. The first-order chi connectivity index (χ1) is 9.56. The highest BCUT2D eigenvalue weighted by Crippen LogP contribution is 2.12. The molecule has 0 aliphatic carbocycles. The second-order valence-corrected chi connectivity index (χ2v) is 5.90. The van der Waals surface area contributed by atoms with Crippen molar-refractivity contribution in [3.05, 3.63) is 22.4 Å². The molecule has 0 bridgehead atoms. The van der Waals surface area contributed by atoms with Crippen molar-refractivity contribution < 1.29 is 14.6 Å². The monoisotopic (exact) mass is 345 g/mol.